The second-order valence-corrected chi connectivity index (χ2v) is 7.39. The number of nitrogens with zero attached hydrogens (tertiary/aromatic N) is 4. The molecule has 1 aliphatic heterocycles. The summed E-state index contributed by atoms with van der Waals surface area (Å²) in [7, 11) is 0. The molecule has 138 valence electrons. The van der Waals surface area contributed by atoms with Crippen LogP contribution in [0.15, 0.2) is 42.6 Å². The molecule has 27 heavy (non-hydrogen) atoms. The average Bonchev–Trinajstić information content (AvgIpc) is 2.92. The maximum Gasteiger partial charge on any atom is 0.253 e. The first-order valence-electron chi connectivity index (χ1n) is 9.74. The van der Waals surface area contributed by atoms with E-state index in [1.54, 1.807) is 12.3 Å². The SMILES string of the molecule is N#Cc1ccc(-c2ccc(C(=O)N3CCCN(C4CCC4)CC3)cc2)cn1. The van der Waals surface area contributed by atoms with Crippen molar-refractivity contribution in [3.63, 3.8) is 0 Å². The van der Waals surface area contributed by atoms with E-state index in [2.05, 4.69) is 9.88 Å². The zero-order valence-electron chi connectivity index (χ0n) is 15.5. The molecule has 1 aromatic carbocycles. The van der Waals surface area contributed by atoms with E-state index in [9.17, 15) is 4.79 Å². The van der Waals surface area contributed by atoms with Crippen molar-refractivity contribution in [1.29, 1.82) is 5.26 Å². The van der Waals surface area contributed by atoms with E-state index in [1.165, 1.54) is 19.3 Å². The Labute approximate surface area is 160 Å². The van der Waals surface area contributed by atoms with Crippen LogP contribution in [0.4, 0.5) is 0 Å². The van der Waals surface area contributed by atoms with Crippen LogP contribution in [-0.2, 0) is 0 Å². The zero-order valence-corrected chi connectivity index (χ0v) is 15.5. The standard InChI is InChI=1S/C22H24N4O/c23-15-20-10-9-19(16-24-20)17-5-7-18(8-6-17)22(27)26-12-2-11-25(13-14-26)21-3-1-4-21/h5-10,16,21H,1-4,11-14H2. The first-order valence-corrected chi connectivity index (χ1v) is 9.74. The molecule has 2 fully saturated rings. The number of aromatic nitrogens is 1. The van der Waals surface area contributed by atoms with Gasteiger partial charge in [-0.25, -0.2) is 4.98 Å². The molecular weight excluding hydrogens is 336 g/mol. The molecule has 0 N–H and O–H groups in total. The molecule has 4 rings (SSSR count). The lowest BCUT2D eigenvalue weighted by molar-refractivity contribution is 0.0749. The zero-order chi connectivity index (χ0) is 18.6. The summed E-state index contributed by atoms with van der Waals surface area (Å²) in [6.07, 6.45) is 6.74. The minimum absolute atomic E-state index is 0.120. The number of carbonyl (C=O) groups excluding carboxylic acids is 1. The first kappa shape index (κ1) is 17.7. The molecule has 1 aliphatic carbocycles. The maximum atomic E-state index is 12.9. The van der Waals surface area contributed by atoms with Gasteiger partial charge in [0.05, 0.1) is 0 Å². The Morgan fingerprint density at radius 1 is 0.963 bits per heavy atom. The highest BCUT2D eigenvalue weighted by atomic mass is 16.2. The molecule has 0 radical (unpaired) electrons. The van der Waals surface area contributed by atoms with Crippen molar-refractivity contribution in [3.8, 4) is 17.2 Å². The minimum Gasteiger partial charge on any atom is -0.337 e. The van der Waals surface area contributed by atoms with Crippen LogP contribution in [0.1, 0.15) is 41.7 Å². The molecule has 0 atom stereocenters. The van der Waals surface area contributed by atoms with Crippen LogP contribution in [0.2, 0.25) is 0 Å². The predicted octanol–water partition coefficient (Wildman–Crippen LogP) is 3.32. The van der Waals surface area contributed by atoms with Crippen LogP contribution in [0.25, 0.3) is 11.1 Å². The Morgan fingerprint density at radius 3 is 2.37 bits per heavy atom. The van der Waals surface area contributed by atoms with Gasteiger partial charge in [-0.3, -0.25) is 9.69 Å². The van der Waals surface area contributed by atoms with Gasteiger partial charge in [0.1, 0.15) is 11.8 Å². The average molecular weight is 360 g/mol. The van der Waals surface area contributed by atoms with Crippen LogP contribution in [0.3, 0.4) is 0 Å². The smallest absolute Gasteiger partial charge is 0.253 e. The van der Waals surface area contributed by atoms with Crippen molar-refractivity contribution >= 4 is 5.91 Å². The third-order valence-corrected chi connectivity index (χ3v) is 5.75. The highest BCUT2D eigenvalue weighted by molar-refractivity contribution is 5.94. The summed E-state index contributed by atoms with van der Waals surface area (Å²) in [5.41, 5.74) is 3.08. The van der Waals surface area contributed by atoms with E-state index in [1.807, 2.05) is 41.3 Å². The molecule has 2 aromatic rings. The summed E-state index contributed by atoms with van der Waals surface area (Å²) in [4.78, 5) is 21.6. The fraction of sp³-hybridized carbons (Fsp3) is 0.409. The van der Waals surface area contributed by atoms with Crippen LogP contribution in [0.5, 0.6) is 0 Å². The van der Waals surface area contributed by atoms with Gasteiger partial charge in [0.2, 0.25) is 0 Å². The molecule has 0 unspecified atom stereocenters. The minimum atomic E-state index is 0.120. The monoisotopic (exact) mass is 360 g/mol. The molecule has 0 bridgehead atoms. The molecule has 5 heteroatoms. The largest absolute Gasteiger partial charge is 0.337 e. The second kappa shape index (κ2) is 7.89. The third kappa shape index (κ3) is 3.86. The molecule has 1 saturated carbocycles. The highest BCUT2D eigenvalue weighted by Gasteiger charge is 2.27. The molecule has 2 heterocycles. The summed E-state index contributed by atoms with van der Waals surface area (Å²) < 4.78 is 0. The van der Waals surface area contributed by atoms with E-state index in [4.69, 9.17) is 5.26 Å². The van der Waals surface area contributed by atoms with Crippen LogP contribution in [0, 0.1) is 11.3 Å². The summed E-state index contributed by atoms with van der Waals surface area (Å²) >= 11 is 0. The fourth-order valence-electron chi connectivity index (χ4n) is 3.88. The van der Waals surface area contributed by atoms with E-state index in [-0.39, 0.29) is 5.91 Å². The maximum absolute atomic E-state index is 12.9. The number of hydrogen-bond acceptors (Lipinski definition) is 4. The molecule has 5 nitrogen and oxygen atoms in total. The van der Waals surface area contributed by atoms with Gasteiger partial charge in [-0.1, -0.05) is 18.6 Å². The molecule has 0 spiro atoms. The Kier molecular flexibility index (Phi) is 5.17. The molecular formula is C22H24N4O. The van der Waals surface area contributed by atoms with Gasteiger partial charge in [-0.2, -0.15) is 5.26 Å². The number of rotatable bonds is 3. The van der Waals surface area contributed by atoms with Crippen LogP contribution >= 0.6 is 0 Å². The van der Waals surface area contributed by atoms with Gasteiger partial charge in [0, 0.05) is 49.5 Å². The Hall–Kier alpha value is -2.71. The summed E-state index contributed by atoms with van der Waals surface area (Å²) in [5.74, 6) is 0.120. The van der Waals surface area contributed by atoms with E-state index < -0.39 is 0 Å². The quantitative estimate of drug-likeness (QED) is 0.842. The van der Waals surface area contributed by atoms with Crippen molar-refractivity contribution in [2.45, 2.75) is 31.7 Å². The van der Waals surface area contributed by atoms with Crippen molar-refractivity contribution in [1.82, 2.24) is 14.8 Å². The van der Waals surface area contributed by atoms with E-state index in [0.717, 1.165) is 55.3 Å². The number of pyridine rings is 1. The fourth-order valence-corrected chi connectivity index (χ4v) is 3.88. The predicted molar refractivity (Wildman–Crippen MR) is 104 cm³/mol. The topological polar surface area (TPSA) is 60.2 Å². The lowest BCUT2D eigenvalue weighted by Crippen LogP contribution is -2.42. The normalized spacial score (nSPS) is 18.4. The van der Waals surface area contributed by atoms with Crippen molar-refractivity contribution < 1.29 is 4.79 Å². The molecule has 1 aromatic heterocycles. The Morgan fingerprint density at radius 2 is 1.74 bits per heavy atom. The van der Waals surface area contributed by atoms with Gasteiger partial charge in [0.25, 0.3) is 5.91 Å². The number of amides is 1. The van der Waals surface area contributed by atoms with Crippen molar-refractivity contribution in [3.05, 3.63) is 53.9 Å². The second-order valence-electron chi connectivity index (χ2n) is 7.39. The molecule has 2 aliphatic rings. The van der Waals surface area contributed by atoms with E-state index >= 15 is 0 Å². The van der Waals surface area contributed by atoms with Crippen LogP contribution < -0.4 is 0 Å². The van der Waals surface area contributed by atoms with Gasteiger partial charge in [-0.05, 0) is 49.1 Å². The van der Waals surface area contributed by atoms with Crippen LogP contribution in [-0.4, -0.2) is 52.9 Å². The van der Waals surface area contributed by atoms with Gasteiger partial charge in [0.15, 0.2) is 0 Å². The highest BCUT2D eigenvalue weighted by Crippen LogP contribution is 2.26. The summed E-state index contributed by atoms with van der Waals surface area (Å²) in [6.45, 7) is 3.75. The number of nitriles is 1. The van der Waals surface area contributed by atoms with Gasteiger partial charge in [-0.15, -0.1) is 0 Å². The lowest BCUT2D eigenvalue weighted by Gasteiger charge is -2.36. The van der Waals surface area contributed by atoms with Crippen molar-refractivity contribution in [2.24, 2.45) is 0 Å². The number of benzene rings is 1. The van der Waals surface area contributed by atoms with Crippen molar-refractivity contribution in [2.75, 3.05) is 26.2 Å². The summed E-state index contributed by atoms with van der Waals surface area (Å²) in [6, 6.07) is 14.1. The Bertz CT molecular complexity index is 834. The molecule has 1 saturated heterocycles. The van der Waals surface area contributed by atoms with Gasteiger partial charge >= 0.3 is 0 Å². The summed E-state index contributed by atoms with van der Waals surface area (Å²) in [5, 5.41) is 8.85. The number of carbonyl (C=O) groups is 1. The first-order chi connectivity index (χ1) is 13.2. The van der Waals surface area contributed by atoms with Gasteiger partial charge < -0.3 is 4.90 Å². The van der Waals surface area contributed by atoms with E-state index in [0.29, 0.717) is 5.69 Å². The lowest BCUT2D eigenvalue weighted by atomic mass is 9.91. The Balaban J connectivity index is 1.41. The molecule has 1 amide bonds. The third-order valence-electron chi connectivity index (χ3n) is 5.75. The number of hydrogen-bond donors (Lipinski definition) is 0.